The third kappa shape index (κ3) is 26.7. The molecule has 0 radical (unpaired) electrons. The molecule has 3 aromatic rings. The number of rotatable bonds is 19. The van der Waals surface area contributed by atoms with Gasteiger partial charge in [0.05, 0.1) is 12.8 Å². The van der Waals surface area contributed by atoms with E-state index in [0.717, 1.165) is 32.3 Å². The predicted octanol–water partition coefficient (Wildman–Crippen LogP) is 6.79. The minimum Gasteiger partial charge on any atom is -0.446 e. The van der Waals surface area contributed by atoms with E-state index in [2.05, 4.69) is 62.9 Å². The summed E-state index contributed by atoms with van der Waals surface area (Å²) >= 11 is 0. The number of ether oxygens (including phenoxy) is 1. The van der Waals surface area contributed by atoms with E-state index >= 15 is 0 Å². The van der Waals surface area contributed by atoms with Crippen molar-refractivity contribution in [2.75, 3.05) is 13.3 Å². The standard InChI is InChI=1S/2C12H21N3O3.C11H22N2O3.C10H20N4O2.C9H14N2O4.C8H14N2O2/c1-7(2)13-10-14(8(3)4)11(16)15(9(5)6)12(17)18-10;1-7(2)13-10(16)14(8(3)4)12(18)15(9(5)6)11(13)17;1-7(2)12-10(14)13(8(3)4)11(15)16-9(5)6;1-8(2)14(9(3)4)6-13-10(16)12-5-11-7-15;1-5(2)10-7(12)11(6(3)4)9(14)15-8(10)13;1-5(2)9-7(11)10(6(3)4)8(9)12/h2*7-9H,1-6H3;7-9H,1-6H3,(H,12,14);8-9H,5-6H2,1-4H3,(H2,12,13,16);5-6H,1-4H3;5-6H,1-4H3. The first-order valence-corrected chi connectivity index (χ1v) is 32.1. The first-order chi connectivity index (χ1) is 43.5. The molecule has 3 aromatic heterocycles. The number of amides is 9. The molecule has 95 heavy (non-hydrogen) atoms. The number of carbonyl (C=O) groups excluding carboxylic acids is 6. The number of imide groups is 3. The first kappa shape index (κ1) is 88.6. The van der Waals surface area contributed by atoms with Crippen LogP contribution in [0, 0.1) is 0 Å². The van der Waals surface area contributed by atoms with E-state index in [4.69, 9.17) is 9.15 Å². The van der Waals surface area contributed by atoms with E-state index < -0.39 is 52.2 Å². The lowest BCUT2D eigenvalue weighted by atomic mass is 10.2. The summed E-state index contributed by atoms with van der Waals surface area (Å²) in [5, 5.41) is 7.77. The van der Waals surface area contributed by atoms with Crippen LogP contribution >= 0.6 is 0 Å². The van der Waals surface area contributed by atoms with Crippen molar-refractivity contribution in [1.29, 1.82) is 0 Å². The maximum absolute atomic E-state index is 12.3. The molecule has 4 rings (SSSR count). The molecule has 0 unspecified atom stereocenters. The molecule has 3 N–H and O–H groups in total. The smallest absolute Gasteiger partial charge is 0.427 e. The summed E-state index contributed by atoms with van der Waals surface area (Å²) in [4.78, 5) is 175. The van der Waals surface area contributed by atoms with Gasteiger partial charge in [-0.3, -0.25) is 4.90 Å². The molecule has 1 fully saturated rings. The van der Waals surface area contributed by atoms with Crippen LogP contribution in [0.3, 0.4) is 0 Å². The number of aromatic nitrogens is 7. The predicted molar refractivity (Wildman–Crippen MR) is 362 cm³/mol. The lowest BCUT2D eigenvalue weighted by molar-refractivity contribution is 0.0769. The van der Waals surface area contributed by atoms with Gasteiger partial charge in [-0.25, -0.2) is 119 Å². The van der Waals surface area contributed by atoms with Crippen molar-refractivity contribution in [2.45, 2.75) is 298 Å². The summed E-state index contributed by atoms with van der Waals surface area (Å²) in [5.41, 5.74) is -2.52. The second kappa shape index (κ2) is 40.7. The Kier molecular flexibility index (Phi) is 37.9. The lowest BCUT2D eigenvalue weighted by Crippen LogP contribution is -2.67. The number of nitrogens with zero attached hydrogens (tertiary/aromatic N) is 13. The highest BCUT2D eigenvalue weighted by Crippen LogP contribution is 2.21. The van der Waals surface area contributed by atoms with Gasteiger partial charge >= 0.3 is 81.6 Å². The molecule has 0 aliphatic carbocycles. The van der Waals surface area contributed by atoms with Crippen LogP contribution < -0.4 is 67.4 Å². The van der Waals surface area contributed by atoms with Crippen LogP contribution in [0.4, 0.5) is 24.0 Å². The molecule has 0 atom stereocenters. The van der Waals surface area contributed by atoms with Gasteiger partial charge in [0, 0.05) is 84.6 Å². The number of hydrogen-bond donors (Lipinski definition) is 3. The maximum Gasteiger partial charge on any atom is 0.427 e. The van der Waals surface area contributed by atoms with Crippen LogP contribution in [0.15, 0.2) is 57.2 Å². The zero-order chi connectivity index (χ0) is 74.9. The second-order valence-electron chi connectivity index (χ2n) is 26.1. The summed E-state index contributed by atoms with van der Waals surface area (Å²) in [5.74, 6) is -2.47. The SMILES string of the molecule is CC(C)N(CNC(=O)NCN=C=O)C(C)C.CC(C)N1C(=O)N(C(C)C)C1=O.CC(C)N=c1oc(=O)n(C(C)C)c(=O)n1C(C)C.CC(C)NC(=O)N(C(=O)OC(C)C)C(C)C.CC(C)n1c(=O)n(C(C)C)c(=O)n(C(C)C)c1=O.CC(C)n1c(=O)oc(=O)n(C(C)C)c1=O. The Labute approximate surface area is 555 Å². The largest absolute Gasteiger partial charge is 0.446 e. The molecule has 1 aliphatic heterocycles. The van der Waals surface area contributed by atoms with Crippen LogP contribution in [-0.4, -0.2) is 150 Å². The van der Waals surface area contributed by atoms with Crippen LogP contribution in [0.1, 0.15) is 250 Å². The Morgan fingerprint density at radius 1 is 0.442 bits per heavy atom. The topological polar surface area (TPSA) is 383 Å². The van der Waals surface area contributed by atoms with Crippen LogP contribution in [0.5, 0.6) is 0 Å². The van der Waals surface area contributed by atoms with Crippen molar-refractivity contribution in [3.8, 4) is 0 Å². The Morgan fingerprint density at radius 3 is 1.04 bits per heavy atom. The number of hydrogen-bond acceptors (Lipinski definition) is 20. The zero-order valence-electron chi connectivity index (χ0n) is 61.8. The molecule has 33 heteroatoms. The summed E-state index contributed by atoms with van der Waals surface area (Å²) in [6, 6.07) is -2.62. The minimum absolute atomic E-state index is 0.0133. The molecule has 1 saturated heterocycles. The highest BCUT2D eigenvalue weighted by atomic mass is 16.6. The fraction of sp³-hybridized carbons (Fsp3) is 0.758. The molecule has 542 valence electrons. The van der Waals surface area contributed by atoms with Gasteiger partial charge in [0.1, 0.15) is 6.67 Å². The van der Waals surface area contributed by atoms with Crippen molar-refractivity contribution in [3.05, 3.63) is 89.8 Å². The van der Waals surface area contributed by atoms with Crippen LogP contribution in [-0.2, 0) is 9.53 Å². The monoisotopic (exact) mass is 1350 g/mol. The second-order valence-corrected chi connectivity index (χ2v) is 26.1. The van der Waals surface area contributed by atoms with Gasteiger partial charge in [0.15, 0.2) is 0 Å². The number of carbonyl (C=O) groups is 5. The quantitative estimate of drug-likeness (QED) is 0.0631. The summed E-state index contributed by atoms with van der Waals surface area (Å²) in [7, 11) is 0. The molecule has 0 bridgehead atoms. The molecule has 0 spiro atoms. The first-order valence-electron chi connectivity index (χ1n) is 32.1. The third-order valence-corrected chi connectivity index (χ3v) is 12.9. The Hall–Kier alpha value is -8.48. The van der Waals surface area contributed by atoms with Crippen molar-refractivity contribution in [3.63, 3.8) is 0 Å². The van der Waals surface area contributed by atoms with Gasteiger partial charge in [-0.1, -0.05) is 0 Å². The van der Waals surface area contributed by atoms with Crippen molar-refractivity contribution >= 4 is 36.3 Å². The highest BCUT2D eigenvalue weighted by Gasteiger charge is 2.46. The van der Waals surface area contributed by atoms with Crippen molar-refractivity contribution in [2.24, 2.45) is 9.98 Å². The molecule has 1 aliphatic rings. The Bertz CT molecular complexity index is 3390. The van der Waals surface area contributed by atoms with Gasteiger partial charge in [0.25, 0.3) is 0 Å². The molecule has 9 amide bonds. The van der Waals surface area contributed by atoms with Crippen molar-refractivity contribution < 1.29 is 42.3 Å². The summed E-state index contributed by atoms with van der Waals surface area (Å²) in [6.45, 7) is 54.9. The molecular weight excluding hydrogens is 1240 g/mol. The van der Waals surface area contributed by atoms with Gasteiger partial charge < -0.3 is 29.5 Å². The maximum atomic E-state index is 12.3. The summed E-state index contributed by atoms with van der Waals surface area (Å²) < 4.78 is 22.3. The normalized spacial score (nSPS) is 12.3. The van der Waals surface area contributed by atoms with Gasteiger partial charge in [-0.2, -0.15) is 4.99 Å². The third-order valence-electron chi connectivity index (χ3n) is 12.9. The Morgan fingerprint density at radius 2 is 0.768 bits per heavy atom. The van der Waals surface area contributed by atoms with E-state index in [1.165, 1.54) is 20.4 Å². The van der Waals surface area contributed by atoms with Gasteiger partial charge in [0.2, 0.25) is 6.08 Å². The summed E-state index contributed by atoms with van der Waals surface area (Å²) in [6.07, 6.45) is 0.503. The number of urea groups is 4. The average Bonchev–Trinajstić information content (AvgIpc) is 0.785. The van der Waals surface area contributed by atoms with Gasteiger partial charge in [-0.15, -0.1) is 0 Å². The van der Waals surface area contributed by atoms with Gasteiger partial charge in [-0.05, 0) is 208 Å². The number of aliphatic imine (C=N–C) groups is 1. The fourth-order valence-corrected chi connectivity index (χ4v) is 8.53. The minimum atomic E-state index is -0.906. The van der Waals surface area contributed by atoms with Crippen molar-refractivity contribution in [1.82, 2.24) is 67.5 Å². The molecule has 33 nitrogen and oxygen atoms in total. The fourth-order valence-electron chi connectivity index (χ4n) is 8.53. The highest BCUT2D eigenvalue weighted by molar-refractivity contribution is 6.12. The average molecular weight is 1350 g/mol. The van der Waals surface area contributed by atoms with E-state index in [1.54, 1.807) is 111 Å². The molecule has 0 saturated carbocycles. The zero-order valence-corrected chi connectivity index (χ0v) is 61.8. The number of isocyanates is 1. The molecular formula is C62H112N16O17. The van der Waals surface area contributed by atoms with E-state index in [-0.39, 0.29) is 115 Å². The van der Waals surface area contributed by atoms with E-state index in [0.29, 0.717) is 18.8 Å². The van der Waals surface area contributed by atoms with E-state index in [1.807, 2.05) is 69.2 Å². The molecule has 0 aromatic carbocycles. The van der Waals surface area contributed by atoms with E-state index in [9.17, 15) is 67.1 Å². The Balaban J connectivity index is 0. The number of nitrogens with one attached hydrogen (secondary N) is 3. The lowest BCUT2D eigenvalue weighted by Gasteiger charge is -2.43. The van der Waals surface area contributed by atoms with Crippen LogP contribution in [0.2, 0.25) is 0 Å². The van der Waals surface area contributed by atoms with Crippen LogP contribution in [0.25, 0.3) is 0 Å². The molecule has 4 heterocycles.